The lowest BCUT2D eigenvalue weighted by atomic mass is 10.1. The number of carbonyl (C=O) groups is 1. The molecule has 0 atom stereocenters. The number of nitrogens with zero attached hydrogens (tertiary/aromatic N) is 4. The summed E-state index contributed by atoms with van der Waals surface area (Å²) in [6, 6.07) is 7.16. The van der Waals surface area contributed by atoms with E-state index in [4.69, 9.17) is 11.6 Å². The van der Waals surface area contributed by atoms with Crippen LogP contribution in [0, 0.1) is 0 Å². The van der Waals surface area contributed by atoms with Crippen LogP contribution in [0.15, 0.2) is 24.3 Å². The average Bonchev–Trinajstić information content (AvgIpc) is 3.06. The second kappa shape index (κ2) is 4.75. The Hall–Kier alpha value is -2.15. The van der Waals surface area contributed by atoms with Crippen LogP contribution in [0.25, 0.3) is 0 Å². The van der Waals surface area contributed by atoms with E-state index in [0.717, 1.165) is 18.4 Å². The van der Waals surface area contributed by atoms with E-state index in [1.807, 2.05) is 24.3 Å². The number of carbonyl (C=O) groups excluding carboxylic acids is 1. The molecular formula is C12H13ClN6O. The lowest BCUT2D eigenvalue weighted by Crippen LogP contribution is -2.38. The molecule has 1 aromatic carbocycles. The summed E-state index contributed by atoms with van der Waals surface area (Å²) in [5.74, 6) is 0.173. The number of amides is 2. The molecule has 1 fully saturated rings. The van der Waals surface area contributed by atoms with Gasteiger partial charge in [-0.3, -0.25) is 5.32 Å². The molecule has 1 aliphatic carbocycles. The van der Waals surface area contributed by atoms with Crippen molar-refractivity contribution in [2.75, 3.05) is 5.32 Å². The smallest absolute Gasteiger partial charge is 0.322 e. The van der Waals surface area contributed by atoms with Gasteiger partial charge in [-0.1, -0.05) is 28.8 Å². The third-order valence-electron chi connectivity index (χ3n) is 3.21. The predicted octanol–water partition coefficient (Wildman–Crippen LogP) is 1.67. The summed E-state index contributed by atoms with van der Waals surface area (Å²) in [6.07, 6.45) is 1.77. The van der Waals surface area contributed by atoms with Crippen LogP contribution in [-0.4, -0.2) is 26.2 Å². The fraction of sp³-hybridized carbons (Fsp3) is 0.333. The van der Waals surface area contributed by atoms with Crippen molar-refractivity contribution in [1.29, 1.82) is 0 Å². The van der Waals surface area contributed by atoms with Gasteiger partial charge in [0.05, 0.1) is 12.6 Å². The van der Waals surface area contributed by atoms with Crippen LogP contribution in [0.5, 0.6) is 0 Å². The van der Waals surface area contributed by atoms with Crippen molar-refractivity contribution >= 4 is 23.6 Å². The second-order valence-electron chi connectivity index (χ2n) is 4.77. The maximum Gasteiger partial charge on any atom is 0.322 e. The van der Waals surface area contributed by atoms with Gasteiger partial charge in [-0.25, -0.2) is 4.79 Å². The number of hydrogen-bond donors (Lipinski definition) is 2. The molecule has 1 saturated carbocycles. The number of anilines is 1. The molecule has 2 amide bonds. The SMILES string of the molecule is Cn1nnc(NC(=O)NC2(c3cccc(Cl)c3)CC2)n1. The van der Waals surface area contributed by atoms with E-state index in [9.17, 15) is 4.79 Å². The number of rotatable bonds is 3. The van der Waals surface area contributed by atoms with E-state index in [1.54, 1.807) is 7.05 Å². The van der Waals surface area contributed by atoms with Crippen LogP contribution in [0.3, 0.4) is 0 Å². The number of aryl methyl sites for hydroxylation is 1. The van der Waals surface area contributed by atoms with E-state index >= 15 is 0 Å². The highest BCUT2D eigenvalue weighted by molar-refractivity contribution is 6.30. The summed E-state index contributed by atoms with van der Waals surface area (Å²) in [6.45, 7) is 0. The third-order valence-corrected chi connectivity index (χ3v) is 3.45. The Balaban J connectivity index is 1.69. The van der Waals surface area contributed by atoms with Gasteiger partial charge in [-0.05, 0) is 35.8 Å². The summed E-state index contributed by atoms with van der Waals surface area (Å²) in [7, 11) is 1.63. The lowest BCUT2D eigenvalue weighted by molar-refractivity contribution is 0.247. The molecular weight excluding hydrogens is 280 g/mol. The standard InChI is InChI=1S/C12H13ClN6O/c1-19-17-10(16-18-19)14-11(20)15-12(5-6-12)8-3-2-4-9(13)7-8/h2-4,7H,5-6H2,1H3,(H2,14,15,17,20). The van der Waals surface area contributed by atoms with Crippen molar-refractivity contribution in [3.8, 4) is 0 Å². The molecule has 0 spiro atoms. The number of tetrazole rings is 1. The summed E-state index contributed by atoms with van der Waals surface area (Å²) >= 11 is 5.99. The van der Waals surface area contributed by atoms with Crippen molar-refractivity contribution in [3.05, 3.63) is 34.9 Å². The van der Waals surface area contributed by atoms with Crippen molar-refractivity contribution < 1.29 is 4.79 Å². The van der Waals surface area contributed by atoms with Gasteiger partial charge in [0.15, 0.2) is 0 Å². The van der Waals surface area contributed by atoms with Crippen LogP contribution in [0.2, 0.25) is 5.02 Å². The molecule has 2 aromatic rings. The molecule has 0 aliphatic heterocycles. The molecule has 7 nitrogen and oxygen atoms in total. The zero-order chi connectivity index (χ0) is 14.2. The molecule has 1 aromatic heterocycles. The monoisotopic (exact) mass is 292 g/mol. The minimum Gasteiger partial charge on any atom is -0.328 e. The van der Waals surface area contributed by atoms with Gasteiger partial charge in [0, 0.05) is 5.02 Å². The van der Waals surface area contributed by atoms with Gasteiger partial charge in [0.2, 0.25) is 0 Å². The molecule has 2 N–H and O–H groups in total. The predicted molar refractivity (Wildman–Crippen MR) is 73.3 cm³/mol. The first-order chi connectivity index (χ1) is 9.57. The Morgan fingerprint density at radius 2 is 2.25 bits per heavy atom. The highest BCUT2D eigenvalue weighted by Crippen LogP contribution is 2.45. The fourth-order valence-electron chi connectivity index (χ4n) is 2.08. The van der Waals surface area contributed by atoms with Gasteiger partial charge in [0.25, 0.3) is 5.95 Å². The molecule has 20 heavy (non-hydrogen) atoms. The molecule has 0 radical (unpaired) electrons. The van der Waals surface area contributed by atoms with E-state index in [1.165, 1.54) is 4.80 Å². The van der Waals surface area contributed by atoms with Crippen LogP contribution in [0.4, 0.5) is 10.7 Å². The van der Waals surface area contributed by atoms with Crippen molar-refractivity contribution in [2.45, 2.75) is 18.4 Å². The first-order valence-corrected chi connectivity index (χ1v) is 6.54. The molecule has 1 heterocycles. The van der Waals surface area contributed by atoms with Gasteiger partial charge in [-0.15, -0.1) is 5.10 Å². The van der Waals surface area contributed by atoms with Gasteiger partial charge in [-0.2, -0.15) is 4.80 Å². The highest BCUT2D eigenvalue weighted by atomic mass is 35.5. The Bertz CT molecular complexity index is 651. The quantitative estimate of drug-likeness (QED) is 0.901. The number of nitrogens with one attached hydrogen (secondary N) is 2. The van der Waals surface area contributed by atoms with Gasteiger partial charge >= 0.3 is 6.03 Å². The Kier molecular flexibility index (Phi) is 3.06. The zero-order valence-electron chi connectivity index (χ0n) is 10.8. The molecule has 8 heteroatoms. The number of aromatic nitrogens is 4. The zero-order valence-corrected chi connectivity index (χ0v) is 11.6. The number of hydrogen-bond acceptors (Lipinski definition) is 4. The number of benzene rings is 1. The summed E-state index contributed by atoms with van der Waals surface area (Å²) in [4.78, 5) is 13.2. The van der Waals surface area contributed by atoms with Crippen LogP contribution in [0.1, 0.15) is 18.4 Å². The first-order valence-electron chi connectivity index (χ1n) is 6.17. The van der Waals surface area contributed by atoms with Crippen LogP contribution < -0.4 is 10.6 Å². The fourth-order valence-corrected chi connectivity index (χ4v) is 2.27. The van der Waals surface area contributed by atoms with E-state index < -0.39 is 0 Å². The molecule has 3 rings (SSSR count). The average molecular weight is 293 g/mol. The maximum atomic E-state index is 12.0. The van der Waals surface area contributed by atoms with Crippen LogP contribution >= 0.6 is 11.6 Å². The lowest BCUT2D eigenvalue weighted by Gasteiger charge is -2.17. The molecule has 0 saturated heterocycles. The minimum absolute atomic E-state index is 0.173. The Morgan fingerprint density at radius 3 is 2.85 bits per heavy atom. The summed E-state index contributed by atoms with van der Waals surface area (Å²) in [5, 5.41) is 17.4. The largest absolute Gasteiger partial charge is 0.328 e. The highest BCUT2D eigenvalue weighted by Gasteiger charge is 2.45. The first kappa shape index (κ1) is 12.9. The second-order valence-corrected chi connectivity index (χ2v) is 5.21. The van der Waals surface area contributed by atoms with Gasteiger partial charge in [0.1, 0.15) is 0 Å². The van der Waals surface area contributed by atoms with E-state index in [2.05, 4.69) is 26.0 Å². The molecule has 104 valence electrons. The topological polar surface area (TPSA) is 84.7 Å². The van der Waals surface area contributed by atoms with Crippen molar-refractivity contribution in [3.63, 3.8) is 0 Å². The minimum atomic E-state index is -0.351. The number of halogens is 1. The van der Waals surface area contributed by atoms with E-state index in [0.29, 0.717) is 5.02 Å². The normalized spacial score (nSPS) is 15.7. The molecule has 0 bridgehead atoms. The van der Waals surface area contributed by atoms with Crippen molar-refractivity contribution in [2.24, 2.45) is 7.05 Å². The summed E-state index contributed by atoms with van der Waals surface area (Å²) < 4.78 is 0. The maximum absolute atomic E-state index is 12.0. The Morgan fingerprint density at radius 1 is 1.45 bits per heavy atom. The summed E-state index contributed by atoms with van der Waals surface area (Å²) in [5.41, 5.74) is 0.671. The third kappa shape index (κ3) is 2.57. The molecule has 1 aliphatic rings. The van der Waals surface area contributed by atoms with Gasteiger partial charge < -0.3 is 5.32 Å². The van der Waals surface area contributed by atoms with E-state index in [-0.39, 0.29) is 17.5 Å². The molecule has 0 unspecified atom stereocenters. The number of urea groups is 1. The Labute approximate surface area is 120 Å². The van der Waals surface area contributed by atoms with Crippen molar-refractivity contribution in [1.82, 2.24) is 25.5 Å². The van der Waals surface area contributed by atoms with Crippen LogP contribution in [-0.2, 0) is 12.6 Å².